The minimum atomic E-state index is -4.41. The molecule has 1 N–H and O–H groups in total. The molecule has 9 heteroatoms. The molecular weight excluding hydrogens is 345 g/mol. The summed E-state index contributed by atoms with van der Waals surface area (Å²) in [5.41, 5.74) is 0.0866. The average Bonchev–Trinajstić information content (AvgIpc) is 2.86. The molecule has 0 fully saturated rings. The minimum Gasteiger partial charge on any atom is -0.465 e. The zero-order valence-electron chi connectivity index (χ0n) is 12.7. The summed E-state index contributed by atoms with van der Waals surface area (Å²) in [7, 11) is 1.24. The molecule has 0 aliphatic heterocycles. The molecule has 5 nitrogen and oxygen atoms in total. The SMILES string of the molecule is COC(=O)c1sc(NC(=O)Cc2ccc(C(F)(F)F)cc2)nc1C. The van der Waals surface area contributed by atoms with Gasteiger partial charge in [0.1, 0.15) is 4.88 Å². The second kappa shape index (κ2) is 7.00. The number of nitrogens with one attached hydrogen (secondary N) is 1. The fourth-order valence-corrected chi connectivity index (χ4v) is 2.79. The molecule has 24 heavy (non-hydrogen) atoms. The molecular formula is C15H13F3N2O3S. The van der Waals surface area contributed by atoms with Crippen molar-refractivity contribution in [1.29, 1.82) is 0 Å². The van der Waals surface area contributed by atoms with Gasteiger partial charge in [-0.3, -0.25) is 4.79 Å². The van der Waals surface area contributed by atoms with Crippen molar-refractivity contribution in [2.24, 2.45) is 0 Å². The summed E-state index contributed by atoms with van der Waals surface area (Å²) < 4.78 is 42.0. The molecule has 0 atom stereocenters. The van der Waals surface area contributed by atoms with Crippen LogP contribution in [0.5, 0.6) is 0 Å². The van der Waals surface area contributed by atoms with E-state index in [1.165, 1.54) is 19.2 Å². The lowest BCUT2D eigenvalue weighted by molar-refractivity contribution is -0.137. The van der Waals surface area contributed by atoms with Crippen molar-refractivity contribution < 1.29 is 27.5 Å². The first-order valence-electron chi connectivity index (χ1n) is 6.72. The van der Waals surface area contributed by atoms with Crippen molar-refractivity contribution in [2.45, 2.75) is 19.5 Å². The number of benzene rings is 1. The highest BCUT2D eigenvalue weighted by Gasteiger charge is 2.30. The molecule has 1 amide bonds. The Morgan fingerprint density at radius 2 is 1.88 bits per heavy atom. The number of carbonyl (C=O) groups is 2. The number of aromatic nitrogens is 1. The lowest BCUT2D eigenvalue weighted by atomic mass is 10.1. The fourth-order valence-electron chi connectivity index (χ4n) is 1.89. The van der Waals surface area contributed by atoms with Crippen LogP contribution in [-0.2, 0) is 22.1 Å². The van der Waals surface area contributed by atoms with E-state index in [1.54, 1.807) is 6.92 Å². The van der Waals surface area contributed by atoms with Gasteiger partial charge < -0.3 is 10.1 Å². The van der Waals surface area contributed by atoms with Crippen molar-refractivity contribution in [3.8, 4) is 0 Å². The maximum absolute atomic E-state index is 12.5. The predicted molar refractivity (Wildman–Crippen MR) is 82.0 cm³/mol. The van der Waals surface area contributed by atoms with Gasteiger partial charge >= 0.3 is 12.1 Å². The Labute approximate surface area is 139 Å². The summed E-state index contributed by atoms with van der Waals surface area (Å²) >= 11 is 0.971. The van der Waals surface area contributed by atoms with E-state index in [0.717, 1.165) is 23.5 Å². The normalized spacial score (nSPS) is 11.2. The molecule has 0 unspecified atom stereocenters. The maximum atomic E-state index is 12.5. The van der Waals surface area contributed by atoms with Gasteiger partial charge in [0.15, 0.2) is 5.13 Å². The van der Waals surface area contributed by atoms with Crippen LogP contribution < -0.4 is 5.32 Å². The van der Waals surface area contributed by atoms with Crippen LogP contribution in [0.25, 0.3) is 0 Å². The lowest BCUT2D eigenvalue weighted by Gasteiger charge is -2.07. The number of nitrogens with zero attached hydrogens (tertiary/aromatic N) is 1. The molecule has 128 valence electrons. The second-order valence-electron chi connectivity index (χ2n) is 4.84. The van der Waals surface area contributed by atoms with E-state index in [-0.39, 0.29) is 16.4 Å². The molecule has 0 saturated heterocycles. The van der Waals surface area contributed by atoms with Gasteiger partial charge in [-0.05, 0) is 24.6 Å². The molecule has 1 aromatic carbocycles. The van der Waals surface area contributed by atoms with E-state index in [2.05, 4.69) is 15.0 Å². The Kier molecular flexibility index (Phi) is 5.23. The zero-order valence-corrected chi connectivity index (χ0v) is 13.5. The monoisotopic (exact) mass is 358 g/mol. The van der Waals surface area contributed by atoms with E-state index in [1.807, 2.05) is 0 Å². The molecule has 2 rings (SSSR count). The van der Waals surface area contributed by atoms with E-state index in [0.29, 0.717) is 11.3 Å². The number of esters is 1. The number of hydrogen-bond acceptors (Lipinski definition) is 5. The van der Waals surface area contributed by atoms with Gasteiger partial charge in [0.2, 0.25) is 5.91 Å². The molecule has 1 heterocycles. The molecule has 0 aliphatic carbocycles. The van der Waals surface area contributed by atoms with Crippen LogP contribution in [0.4, 0.5) is 18.3 Å². The highest BCUT2D eigenvalue weighted by molar-refractivity contribution is 7.17. The zero-order chi connectivity index (χ0) is 17.9. The van der Waals surface area contributed by atoms with Gasteiger partial charge in [0.25, 0.3) is 0 Å². The smallest absolute Gasteiger partial charge is 0.416 e. The number of amides is 1. The maximum Gasteiger partial charge on any atom is 0.416 e. The first-order chi connectivity index (χ1) is 11.2. The van der Waals surface area contributed by atoms with Gasteiger partial charge in [0.05, 0.1) is 24.8 Å². The number of aryl methyl sites for hydroxylation is 1. The Morgan fingerprint density at radius 3 is 2.42 bits per heavy atom. The third kappa shape index (κ3) is 4.31. The van der Waals surface area contributed by atoms with Crippen molar-refractivity contribution in [3.05, 3.63) is 46.0 Å². The van der Waals surface area contributed by atoms with Crippen molar-refractivity contribution in [1.82, 2.24) is 4.98 Å². The summed E-state index contributed by atoms with van der Waals surface area (Å²) in [5, 5.41) is 2.74. The third-order valence-corrected chi connectivity index (χ3v) is 4.11. The van der Waals surface area contributed by atoms with E-state index >= 15 is 0 Å². The standard InChI is InChI=1S/C15H13F3N2O3S/c1-8-12(13(22)23-2)24-14(19-8)20-11(21)7-9-3-5-10(6-4-9)15(16,17)18/h3-6H,7H2,1-2H3,(H,19,20,21). The van der Waals surface area contributed by atoms with Gasteiger partial charge in [-0.25, -0.2) is 9.78 Å². The number of methoxy groups -OCH3 is 1. The van der Waals surface area contributed by atoms with Gasteiger partial charge in [-0.15, -0.1) is 0 Å². The van der Waals surface area contributed by atoms with Gasteiger partial charge in [0, 0.05) is 0 Å². The average molecular weight is 358 g/mol. The quantitative estimate of drug-likeness (QED) is 0.850. The number of thiazole rings is 1. The van der Waals surface area contributed by atoms with Gasteiger partial charge in [-0.2, -0.15) is 13.2 Å². The molecule has 1 aromatic heterocycles. The first-order valence-corrected chi connectivity index (χ1v) is 7.54. The predicted octanol–water partition coefficient (Wildman–Crippen LogP) is 3.44. The lowest BCUT2D eigenvalue weighted by Crippen LogP contribution is -2.14. The summed E-state index contributed by atoms with van der Waals surface area (Å²) in [5.74, 6) is -0.992. The first kappa shape index (κ1) is 17.9. The Bertz CT molecular complexity index is 754. The number of anilines is 1. The van der Waals surface area contributed by atoms with Crippen LogP contribution in [0.3, 0.4) is 0 Å². The molecule has 0 aliphatic rings. The van der Waals surface area contributed by atoms with Crippen LogP contribution in [0.2, 0.25) is 0 Å². The number of rotatable bonds is 4. The fraction of sp³-hybridized carbons (Fsp3) is 0.267. The summed E-state index contributed by atoms with van der Waals surface area (Å²) in [6, 6.07) is 4.34. The molecule has 0 bridgehead atoms. The van der Waals surface area contributed by atoms with E-state index in [4.69, 9.17) is 0 Å². The number of ether oxygens (including phenoxy) is 1. The van der Waals surface area contributed by atoms with Gasteiger partial charge in [-0.1, -0.05) is 23.5 Å². The summed E-state index contributed by atoms with van der Waals surface area (Å²) in [4.78, 5) is 27.7. The van der Waals surface area contributed by atoms with Crippen molar-refractivity contribution in [3.63, 3.8) is 0 Å². The summed E-state index contributed by atoms with van der Waals surface area (Å²) in [6.07, 6.45) is -4.52. The Morgan fingerprint density at radius 1 is 1.25 bits per heavy atom. The number of halogens is 3. The highest BCUT2D eigenvalue weighted by atomic mass is 32.1. The second-order valence-corrected chi connectivity index (χ2v) is 5.84. The van der Waals surface area contributed by atoms with E-state index < -0.39 is 23.6 Å². The number of hydrogen-bond donors (Lipinski definition) is 1. The van der Waals surface area contributed by atoms with Crippen molar-refractivity contribution >= 4 is 28.3 Å². The number of carbonyl (C=O) groups excluding carboxylic acids is 2. The largest absolute Gasteiger partial charge is 0.465 e. The van der Waals surface area contributed by atoms with Crippen LogP contribution in [0, 0.1) is 6.92 Å². The molecule has 0 radical (unpaired) electrons. The third-order valence-electron chi connectivity index (χ3n) is 3.06. The topological polar surface area (TPSA) is 68.3 Å². The Balaban J connectivity index is 2.02. The van der Waals surface area contributed by atoms with Crippen LogP contribution >= 0.6 is 11.3 Å². The highest BCUT2D eigenvalue weighted by Crippen LogP contribution is 2.29. The Hall–Kier alpha value is -2.42. The van der Waals surface area contributed by atoms with Crippen LogP contribution in [0.1, 0.15) is 26.5 Å². The summed E-state index contributed by atoms with van der Waals surface area (Å²) in [6.45, 7) is 1.61. The van der Waals surface area contributed by atoms with Crippen molar-refractivity contribution in [2.75, 3.05) is 12.4 Å². The van der Waals surface area contributed by atoms with Crippen LogP contribution in [0.15, 0.2) is 24.3 Å². The number of alkyl halides is 3. The molecule has 0 saturated carbocycles. The molecule has 2 aromatic rings. The van der Waals surface area contributed by atoms with E-state index in [9.17, 15) is 22.8 Å². The molecule has 0 spiro atoms. The minimum absolute atomic E-state index is 0.107. The van der Waals surface area contributed by atoms with Crippen LogP contribution in [-0.4, -0.2) is 24.0 Å².